The molecule has 0 radical (unpaired) electrons. The average molecular weight is 241 g/mol. The minimum Gasteiger partial charge on any atom is -0.395 e. The minimum atomic E-state index is 0.535. The number of aromatic amines is 1. The van der Waals surface area contributed by atoms with Crippen LogP contribution in [-0.2, 0) is 6.54 Å². The molecular weight excluding hydrogens is 226 g/mol. The molecule has 5 nitrogen and oxygen atoms in total. The summed E-state index contributed by atoms with van der Waals surface area (Å²) >= 11 is 0. The highest BCUT2D eigenvalue weighted by molar-refractivity contribution is 5.97. The van der Waals surface area contributed by atoms with Crippen LogP contribution in [0.25, 0.3) is 11.0 Å². The van der Waals surface area contributed by atoms with Crippen molar-refractivity contribution in [3.05, 3.63) is 48.2 Å². The summed E-state index contributed by atoms with van der Waals surface area (Å²) in [6.45, 7) is 0.688. The van der Waals surface area contributed by atoms with Crippen LogP contribution in [0.15, 0.2) is 42.6 Å². The zero-order valence-electron chi connectivity index (χ0n) is 9.85. The molecule has 1 aromatic carbocycles. The number of hydrogen-bond acceptors (Lipinski definition) is 3. The molecule has 0 aliphatic carbocycles. The van der Waals surface area contributed by atoms with Crippen molar-refractivity contribution in [3.8, 4) is 0 Å². The molecule has 0 aliphatic heterocycles. The molecule has 0 saturated carbocycles. The first kappa shape index (κ1) is 10.6. The summed E-state index contributed by atoms with van der Waals surface area (Å²) in [6.07, 6.45) is 1.85. The number of aromatic nitrogens is 2. The molecule has 0 bridgehead atoms. The number of nitrogen functional groups attached to an aromatic ring is 2. The lowest BCUT2D eigenvalue weighted by Crippen LogP contribution is -2.17. The number of anilines is 2. The fourth-order valence-corrected chi connectivity index (χ4v) is 2.07. The van der Waals surface area contributed by atoms with Crippen LogP contribution in [0.4, 0.5) is 11.5 Å². The van der Waals surface area contributed by atoms with Crippen molar-refractivity contribution in [2.45, 2.75) is 6.54 Å². The molecule has 3 rings (SSSR count). The molecule has 18 heavy (non-hydrogen) atoms. The van der Waals surface area contributed by atoms with Gasteiger partial charge >= 0.3 is 0 Å². The van der Waals surface area contributed by atoms with Gasteiger partial charge in [-0.15, -0.1) is 0 Å². The Hall–Kier alpha value is -2.56. The Bertz CT molecular complexity index is 665. The number of benzene rings is 1. The Morgan fingerprint density at radius 2 is 1.89 bits per heavy atom. The first-order valence-corrected chi connectivity index (χ1v) is 5.78. The Kier molecular flexibility index (Phi) is 2.37. The predicted octanol–water partition coefficient (Wildman–Crippen LogP) is 1.88. The lowest BCUT2D eigenvalue weighted by Gasteiger charge is -2.10. The number of hydrogen-bond donors (Lipinski definition) is 4. The van der Waals surface area contributed by atoms with E-state index in [-0.39, 0.29) is 0 Å². The van der Waals surface area contributed by atoms with Gasteiger partial charge in [0.25, 0.3) is 0 Å². The molecule has 5 heteroatoms. The number of nitrogens with two attached hydrogens (primary N) is 2. The Labute approximate surface area is 104 Å². The SMILES string of the molecule is Nc1c(N)n(NCc2ccccc2)c2[nH]ccc12. The van der Waals surface area contributed by atoms with Crippen molar-refractivity contribution < 1.29 is 0 Å². The van der Waals surface area contributed by atoms with Gasteiger partial charge in [0.05, 0.1) is 12.2 Å². The van der Waals surface area contributed by atoms with Crippen molar-refractivity contribution in [1.29, 1.82) is 0 Å². The molecule has 92 valence electrons. The fourth-order valence-electron chi connectivity index (χ4n) is 2.07. The van der Waals surface area contributed by atoms with E-state index in [0.717, 1.165) is 11.0 Å². The third kappa shape index (κ3) is 1.57. The van der Waals surface area contributed by atoms with Crippen LogP contribution in [0.5, 0.6) is 0 Å². The first-order chi connectivity index (χ1) is 8.77. The molecule has 0 spiro atoms. The zero-order valence-corrected chi connectivity index (χ0v) is 9.85. The maximum absolute atomic E-state index is 5.98. The fraction of sp³-hybridized carbons (Fsp3) is 0.0769. The van der Waals surface area contributed by atoms with Crippen molar-refractivity contribution in [2.75, 3.05) is 16.9 Å². The summed E-state index contributed by atoms with van der Waals surface area (Å²) in [4.78, 5) is 3.13. The Balaban J connectivity index is 1.91. The third-order valence-corrected chi connectivity index (χ3v) is 3.04. The summed E-state index contributed by atoms with van der Waals surface area (Å²) < 4.78 is 1.79. The van der Waals surface area contributed by atoms with Crippen LogP contribution < -0.4 is 16.9 Å². The van der Waals surface area contributed by atoms with Crippen molar-refractivity contribution in [2.24, 2.45) is 0 Å². The third-order valence-electron chi connectivity index (χ3n) is 3.04. The molecule has 0 aliphatic rings. The smallest absolute Gasteiger partial charge is 0.148 e. The Morgan fingerprint density at radius 1 is 1.11 bits per heavy atom. The topological polar surface area (TPSA) is 84.8 Å². The number of nitrogens with one attached hydrogen (secondary N) is 2. The predicted molar refractivity (Wildman–Crippen MR) is 74.6 cm³/mol. The summed E-state index contributed by atoms with van der Waals surface area (Å²) in [5, 5.41) is 0.938. The van der Waals surface area contributed by atoms with E-state index in [1.807, 2.05) is 30.5 Å². The molecule has 0 saturated heterocycles. The van der Waals surface area contributed by atoms with Crippen LogP contribution in [0.3, 0.4) is 0 Å². The van der Waals surface area contributed by atoms with Crippen molar-refractivity contribution in [1.82, 2.24) is 9.66 Å². The Morgan fingerprint density at radius 3 is 2.67 bits per heavy atom. The van der Waals surface area contributed by atoms with Gasteiger partial charge in [0.1, 0.15) is 11.5 Å². The van der Waals surface area contributed by atoms with Gasteiger partial charge in [0, 0.05) is 11.6 Å². The highest BCUT2D eigenvalue weighted by Gasteiger charge is 2.12. The second kappa shape index (κ2) is 4.03. The van der Waals surface area contributed by atoms with Gasteiger partial charge in [-0.05, 0) is 11.6 Å². The van der Waals surface area contributed by atoms with E-state index in [2.05, 4.69) is 22.5 Å². The molecule has 0 amide bonds. The second-order valence-electron chi connectivity index (χ2n) is 4.19. The van der Waals surface area contributed by atoms with Crippen molar-refractivity contribution >= 4 is 22.5 Å². The van der Waals surface area contributed by atoms with E-state index >= 15 is 0 Å². The average Bonchev–Trinajstić information content (AvgIpc) is 2.95. The molecule has 0 fully saturated rings. The number of H-pyrrole nitrogens is 1. The van der Waals surface area contributed by atoms with Crippen LogP contribution in [0.2, 0.25) is 0 Å². The number of rotatable bonds is 3. The van der Waals surface area contributed by atoms with E-state index < -0.39 is 0 Å². The molecule has 6 N–H and O–H groups in total. The summed E-state index contributed by atoms with van der Waals surface area (Å²) in [5.41, 5.74) is 17.9. The van der Waals surface area contributed by atoms with E-state index in [1.165, 1.54) is 5.56 Å². The van der Waals surface area contributed by atoms with E-state index in [0.29, 0.717) is 18.1 Å². The quantitative estimate of drug-likeness (QED) is 0.565. The van der Waals surface area contributed by atoms with Gasteiger partial charge in [-0.1, -0.05) is 30.3 Å². The molecule has 3 aromatic rings. The lowest BCUT2D eigenvalue weighted by atomic mass is 10.2. The number of nitrogens with zero attached hydrogens (tertiary/aromatic N) is 1. The molecular formula is C13H15N5. The van der Waals surface area contributed by atoms with E-state index in [1.54, 1.807) is 4.68 Å². The normalized spacial score (nSPS) is 10.9. The second-order valence-corrected chi connectivity index (χ2v) is 4.19. The standard InChI is InChI=1S/C13H15N5/c14-11-10-6-7-16-13(10)18(12(11)15)17-8-9-4-2-1-3-5-9/h1-7,16-17H,8,14-15H2. The maximum atomic E-state index is 5.98. The molecule has 2 aromatic heterocycles. The summed E-state index contributed by atoms with van der Waals surface area (Å²) in [6, 6.07) is 12.0. The minimum absolute atomic E-state index is 0.535. The van der Waals surface area contributed by atoms with Crippen LogP contribution in [0, 0.1) is 0 Å². The van der Waals surface area contributed by atoms with Gasteiger partial charge in [-0.25, -0.2) is 4.68 Å². The van der Waals surface area contributed by atoms with Crippen LogP contribution >= 0.6 is 0 Å². The largest absolute Gasteiger partial charge is 0.395 e. The molecule has 0 atom stereocenters. The van der Waals surface area contributed by atoms with Gasteiger partial charge in [-0.2, -0.15) is 0 Å². The summed E-state index contributed by atoms with van der Waals surface area (Å²) in [5.74, 6) is 0.535. The van der Waals surface area contributed by atoms with E-state index in [4.69, 9.17) is 11.5 Å². The summed E-state index contributed by atoms with van der Waals surface area (Å²) in [7, 11) is 0. The lowest BCUT2D eigenvalue weighted by molar-refractivity contribution is 0.875. The van der Waals surface area contributed by atoms with Crippen LogP contribution in [0.1, 0.15) is 5.56 Å². The van der Waals surface area contributed by atoms with Gasteiger partial charge in [-0.3, -0.25) is 0 Å². The van der Waals surface area contributed by atoms with Crippen LogP contribution in [-0.4, -0.2) is 9.66 Å². The van der Waals surface area contributed by atoms with E-state index in [9.17, 15) is 0 Å². The van der Waals surface area contributed by atoms with Gasteiger partial charge < -0.3 is 21.9 Å². The first-order valence-electron chi connectivity index (χ1n) is 5.78. The monoisotopic (exact) mass is 241 g/mol. The maximum Gasteiger partial charge on any atom is 0.148 e. The zero-order chi connectivity index (χ0) is 12.5. The van der Waals surface area contributed by atoms with Gasteiger partial charge in [0.2, 0.25) is 0 Å². The highest BCUT2D eigenvalue weighted by atomic mass is 15.4. The van der Waals surface area contributed by atoms with Crippen molar-refractivity contribution in [3.63, 3.8) is 0 Å². The molecule has 0 unspecified atom stereocenters. The number of fused-ring (bicyclic) bond motifs is 1. The molecule has 2 heterocycles. The highest BCUT2D eigenvalue weighted by Crippen LogP contribution is 2.28. The van der Waals surface area contributed by atoms with Gasteiger partial charge in [0.15, 0.2) is 0 Å².